The number of rotatable bonds is 6. The molecule has 2 rings (SSSR count). The second-order valence-corrected chi connectivity index (χ2v) is 5.75. The van der Waals surface area contributed by atoms with E-state index in [0.717, 1.165) is 15.6 Å². The van der Waals surface area contributed by atoms with Gasteiger partial charge < -0.3 is 15.2 Å². The number of hydrogen-bond acceptors (Lipinski definition) is 3. The topological polar surface area (TPSA) is 44.5 Å². The molecule has 3 nitrogen and oxygen atoms in total. The summed E-state index contributed by atoms with van der Waals surface area (Å²) in [6, 6.07) is 11.4. The number of ether oxygens (including phenoxy) is 2. The maximum Gasteiger partial charge on any atom is 0.175 e. The van der Waals surface area contributed by atoms with E-state index in [2.05, 4.69) is 15.9 Å². The maximum absolute atomic E-state index is 5.89. The molecule has 2 aromatic carbocycles. The molecule has 0 aliphatic heterocycles. The van der Waals surface area contributed by atoms with Crippen molar-refractivity contribution < 1.29 is 9.47 Å². The number of hydrogen-bond donors (Lipinski definition) is 1. The van der Waals surface area contributed by atoms with Gasteiger partial charge in [0.2, 0.25) is 0 Å². The van der Waals surface area contributed by atoms with Crippen molar-refractivity contribution in [3.63, 3.8) is 0 Å². The summed E-state index contributed by atoms with van der Waals surface area (Å²) in [6.45, 7) is 3.40. The third-order valence-electron chi connectivity index (χ3n) is 2.90. The van der Waals surface area contributed by atoms with Crippen molar-refractivity contribution in [1.29, 1.82) is 0 Å². The normalized spacial score (nSPS) is 10.5. The minimum atomic E-state index is 0.442. The van der Waals surface area contributed by atoms with Gasteiger partial charge in [-0.05, 0) is 58.2 Å². The van der Waals surface area contributed by atoms with E-state index in [-0.39, 0.29) is 0 Å². The molecule has 0 amide bonds. The van der Waals surface area contributed by atoms with Gasteiger partial charge in [-0.25, -0.2) is 0 Å². The van der Waals surface area contributed by atoms with Gasteiger partial charge in [0, 0.05) is 11.6 Å². The highest BCUT2D eigenvalue weighted by Crippen LogP contribution is 2.37. The zero-order valence-electron chi connectivity index (χ0n) is 11.7. The van der Waals surface area contributed by atoms with Crippen molar-refractivity contribution in [2.24, 2.45) is 5.73 Å². The molecule has 112 valence electrons. The Morgan fingerprint density at radius 1 is 1.10 bits per heavy atom. The molecule has 21 heavy (non-hydrogen) atoms. The second kappa shape index (κ2) is 7.69. The Kier molecular flexibility index (Phi) is 5.91. The Labute approximate surface area is 138 Å². The Balaban J connectivity index is 2.19. The lowest BCUT2D eigenvalue weighted by Crippen LogP contribution is -2.03. The van der Waals surface area contributed by atoms with Gasteiger partial charge >= 0.3 is 0 Å². The summed E-state index contributed by atoms with van der Waals surface area (Å²) in [4.78, 5) is 0. The maximum atomic E-state index is 5.89. The van der Waals surface area contributed by atoms with Gasteiger partial charge in [-0.1, -0.05) is 23.7 Å². The first-order valence-electron chi connectivity index (χ1n) is 6.66. The summed E-state index contributed by atoms with van der Waals surface area (Å²) in [7, 11) is 0. The molecule has 0 fully saturated rings. The fourth-order valence-electron chi connectivity index (χ4n) is 1.88. The molecule has 0 aliphatic carbocycles. The molecule has 0 saturated carbocycles. The molecule has 0 heterocycles. The molecule has 5 heteroatoms. The number of nitrogens with two attached hydrogens (primary N) is 1. The minimum absolute atomic E-state index is 0.442. The average molecular weight is 371 g/mol. The third-order valence-corrected chi connectivity index (χ3v) is 3.74. The predicted octanol–water partition coefficient (Wildman–Crippen LogP) is 4.54. The number of benzene rings is 2. The molecule has 0 spiro atoms. The van der Waals surface area contributed by atoms with E-state index in [4.69, 9.17) is 26.8 Å². The first-order chi connectivity index (χ1) is 10.1. The summed E-state index contributed by atoms with van der Waals surface area (Å²) in [6.07, 6.45) is 0. The van der Waals surface area contributed by atoms with Gasteiger partial charge in [-0.2, -0.15) is 0 Å². The lowest BCUT2D eigenvalue weighted by Gasteiger charge is -2.15. The molecule has 2 N–H and O–H groups in total. The van der Waals surface area contributed by atoms with Crippen molar-refractivity contribution >= 4 is 27.5 Å². The molecular weight excluding hydrogens is 354 g/mol. The predicted molar refractivity (Wildman–Crippen MR) is 89.0 cm³/mol. The van der Waals surface area contributed by atoms with Crippen LogP contribution in [-0.4, -0.2) is 6.61 Å². The lowest BCUT2D eigenvalue weighted by molar-refractivity contribution is 0.267. The second-order valence-electron chi connectivity index (χ2n) is 4.46. The molecule has 0 bridgehead atoms. The largest absolute Gasteiger partial charge is 0.490 e. The number of halogens is 2. The van der Waals surface area contributed by atoms with Gasteiger partial charge in [0.1, 0.15) is 6.61 Å². The van der Waals surface area contributed by atoms with E-state index in [0.29, 0.717) is 36.3 Å². The molecule has 0 aliphatic rings. The van der Waals surface area contributed by atoms with Crippen LogP contribution in [0.4, 0.5) is 0 Å². The van der Waals surface area contributed by atoms with E-state index in [9.17, 15) is 0 Å². The van der Waals surface area contributed by atoms with Crippen molar-refractivity contribution in [3.8, 4) is 11.5 Å². The summed E-state index contributed by atoms with van der Waals surface area (Å²) in [5, 5.41) is 0.710. The Hall–Kier alpha value is -1.23. The first-order valence-corrected chi connectivity index (χ1v) is 7.83. The SMILES string of the molecule is CCOc1cc(CN)cc(Br)c1OCc1ccc(Cl)cc1. The standard InChI is InChI=1S/C16H17BrClNO2/c1-2-20-15-8-12(9-19)7-14(17)16(15)21-10-11-3-5-13(18)6-4-11/h3-8H,2,9-10,19H2,1H3. The Bertz CT molecular complexity index is 602. The van der Waals surface area contributed by atoms with E-state index in [1.54, 1.807) is 0 Å². The highest BCUT2D eigenvalue weighted by atomic mass is 79.9. The van der Waals surface area contributed by atoms with E-state index in [1.165, 1.54) is 0 Å². The third kappa shape index (κ3) is 4.37. The summed E-state index contributed by atoms with van der Waals surface area (Å²) in [5.41, 5.74) is 7.71. The zero-order chi connectivity index (χ0) is 15.2. The lowest BCUT2D eigenvalue weighted by atomic mass is 10.2. The van der Waals surface area contributed by atoms with Gasteiger partial charge in [-0.3, -0.25) is 0 Å². The molecule has 0 aromatic heterocycles. The van der Waals surface area contributed by atoms with E-state index >= 15 is 0 Å². The molecule has 0 unspecified atom stereocenters. The zero-order valence-corrected chi connectivity index (χ0v) is 14.1. The summed E-state index contributed by atoms with van der Waals surface area (Å²) in [5.74, 6) is 1.38. The summed E-state index contributed by atoms with van der Waals surface area (Å²) >= 11 is 9.39. The fraction of sp³-hybridized carbons (Fsp3) is 0.250. The van der Waals surface area contributed by atoms with Crippen LogP contribution in [0, 0.1) is 0 Å². The average Bonchev–Trinajstić information content (AvgIpc) is 2.48. The monoisotopic (exact) mass is 369 g/mol. The highest BCUT2D eigenvalue weighted by Gasteiger charge is 2.12. The molecule has 0 radical (unpaired) electrons. The van der Waals surface area contributed by atoms with Crippen LogP contribution in [0.25, 0.3) is 0 Å². The van der Waals surface area contributed by atoms with Crippen LogP contribution in [0.3, 0.4) is 0 Å². The molecule has 2 aromatic rings. The Morgan fingerprint density at radius 3 is 2.43 bits per heavy atom. The van der Waals surface area contributed by atoms with Crippen LogP contribution in [-0.2, 0) is 13.2 Å². The van der Waals surface area contributed by atoms with E-state index < -0.39 is 0 Å². The van der Waals surface area contributed by atoms with Gasteiger partial charge in [0.05, 0.1) is 11.1 Å². The van der Waals surface area contributed by atoms with Crippen molar-refractivity contribution in [3.05, 3.63) is 57.0 Å². The van der Waals surface area contributed by atoms with Crippen LogP contribution in [0.1, 0.15) is 18.1 Å². The van der Waals surface area contributed by atoms with Crippen molar-refractivity contribution in [2.45, 2.75) is 20.1 Å². The van der Waals surface area contributed by atoms with Gasteiger partial charge in [0.25, 0.3) is 0 Å². The minimum Gasteiger partial charge on any atom is -0.490 e. The molecule has 0 atom stereocenters. The van der Waals surface area contributed by atoms with Gasteiger partial charge in [-0.15, -0.1) is 0 Å². The molecular formula is C16H17BrClNO2. The quantitative estimate of drug-likeness (QED) is 0.812. The van der Waals surface area contributed by atoms with Gasteiger partial charge in [0.15, 0.2) is 11.5 Å². The summed E-state index contributed by atoms with van der Waals surface area (Å²) < 4.78 is 12.4. The van der Waals surface area contributed by atoms with E-state index in [1.807, 2.05) is 43.3 Å². The van der Waals surface area contributed by atoms with Crippen LogP contribution in [0.5, 0.6) is 11.5 Å². The smallest absolute Gasteiger partial charge is 0.175 e. The van der Waals surface area contributed by atoms with Crippen LogP contribution < -0.4 is 15.2 Å². The Morgan fingerprint density at radius 2 is 1.81 bits per heavy atom. The fourth-order valence-corrected chi connectivity index (χ4v) is 2.61. The highest BCUT2D eigenvalue weighted by molar-refractivity contribution is 9.10. The first kappa shape index (κ1) is 16.1. The van der Waals surface area contributed by atoms with Crippen molar-refractivity contribution in [1.82, 2.24) is 0 Å². The molecule has 0 saturated heterocycles. The van der Waals surface area contributed by atoms with Crippen LogP contribution in [0.15, 0.2) is 40.9 Å². The van der Waals surface area contributed by atoms with Crippen LogP contribution in [0.2, 0.25) is 5.02 Å². The van der Waals surface area contributed by atoms with Crippen molar-refractivity contribution in [2.75, 3.05) is 6.61 Å². The van der Waals surface area contributed by atoms with Crippen LogP contribution >= 0.6 is 27.5 Å².